The number of rotatable bonds is 4. The van der Waals surface area contributed by atoms with Gasteiger partial charge in [-0.3, -0.25) is 0 Å². The molecule has 0 spiro atoms. The molecule has 1 aromatic rings. The Morgan fingerprint density at radius 2 is 2.20 bits per heavy atom. The summed E-state index contributed by atoms with van der Waals surface area (Å²) in [5, 5.41) is 0.0240. The van der Waals surface area contributed by atoms with Gasteiger partial charge in [-0.15, -0.1) is 11.6 Å². The van der Waals surface area contributed by atoms with Gasteiger partial charge in [0.25, 0.3) is 0 Å². The summed E-state index contributed by atoms with van der Waals surface area (Å²) >= 11 is 5.77. The van der Waals surface area contributed by atoms with Crippen LogP contribution in [0, 0.1) is 11.6 Å². The summed E-state index contributed by atoms with van der Waals surface area (Å²) < 4.78 is 25.8. The predicted molar refractivity (Wildman–Crippen MR) is 57.4 cm³/mol. The van der Waals surface area contributed by atoms with Crippen LogP contribution in [0.3, 0.4) is 0 Å². The molecule has 1 aromatic heterocycles. The maximum atomic E-state index is 13.2. The lowest BCUT2D eigenvalue weighted by Crippen LogP contribution is -2.22. The molecular formula is C10H13ClF2N2. The molecule has 15 heavy (non-hydrogen) atoms. The summed E-state index contributed by atoms with van der Waals surface area (Å²) in [4.78, 5) is 5.31. The number of hydrogen-bond donors (Lipinski definition) is 0. The van der Waals surface area contributed by atoms with Crippen molar-refractivity contribution in [2.75, 3.05) is 18.5 Å². The number of pyridine rings is 1. The van der Waals surface area contributed by atoms with E-state index in [1.54, 1.807) is 11.9 Å². The first-order valence-electron chi connectivity index (χ1n) is 4.67. The van der Waals surface area contributed by atoms with E-state index < -0.39 is 11.6 Å². The van der Waals surface area contributed by atoms with Gasteiger partial charge in [-0.2, -0.15) is 0 Å². The first-order valence-corrected chi connectivity index (χ1v) is 5.10. The maximum Gasteiger partial charge on any atom is 0.168 e. The van der Waals surface area contributed by atoms with E-state index in [-0.39, 0.29) is 11.2 Å². The molecule has 0 saturated heterocycles. The van der Waals surface area contributed by atoms with Gasteiger partial charge in [0.15, 0.2) is 11.6 Å². The molecule has 0 aliphatic carbocycles. The molecule has 0 saturated carbocycles. The van der Waals surface area contributed by atoms with Crippen molar-refractivity contribution < 1.29 is 8.78 Å². The fraction of sp³-hybridized carbons (Fsp3) is 0.500. The van der Waals surface area contributed by atoms with E-state index in [1.165, 1.54) is 0 Å². The lowest BCUT2D eigenvalue weighted by molar-refractivity contribution is 0.569. The molecule has 1 atom stereocenters. The summed E-state index contributed by atoms with van der Waals surface area (Å²) in [6, 6.07) is 0.822. The van der Waals surface area contributed by atoms with Gasteiger partial charge >= 0.3 is 0 Å². The van der Waals surface area contributed by atoms with Gasteiger partial charge in [-0.25, -0.2) is 13.8 Å². The van der Waals surface area contributed by atoms with Crippen LogP contribution in [0.25, 0.3) is 0 Å². The highest BCUT2D eigenvalue weighted by Crippen LogP contribution is 2.16. The number of halogens is 3. The molecule has 1 unspecified atom stereocenters. The summed E-state index contributed by atoms with van der Waals surface area (Å²) in [6.45, 7) is 2.45. The van der Waals surface area contributed by atoms with Crippen LogP contribution in [-0.4, -0.2) is 24.0 Å². The molecule has 84 valence electrons. The van der Waals surface area contributed by atoms with Crippen molar-refractivity contribution in [3.05, 3.63) is 23.9 Å². The molecule has 0 bridgehead atoms. The fourth-order valence-electron chi connectivity index (χ4n) is 1.17. The minimum absolute atomic E-state index is 0.0240. The van der Waals surface area contributed by atoms with Crippen molar-refractivity contribution in [2.45, 2.75) is 18.7 Å². The standard InChI is InChI=1S/C10H13ClF2N2/c1-7(11)3-4-15(2)10-9(13)5-8(12)6-14-10/h5-7H,3-4H2,1-2H3. The van der Waals surface area contributed by atoms with Crippen molar-refractivity contribution >= 4 is 17.4 Å². The highest BCUT2D eigenvalue weighted by Gasteiger charge is 2.10. The quantitative estimate of drug-likeness (QED) is 0.745. The molecule has 0 aliphatic rings. The second-order valence-electron chi connectivity index (χ2n) is 3.45. The number of nitrogens with zero attached hydrogens (tertiary/aromatic N) is 2. The van der Waals surface area contributed by atoms with E-state index in [0.29, 0.717) is 6.54 Å². The maximum absolute atomic E-state index is 13.2. The van der Waals surface area contributed by atoms with Crippen LogP contribution in [-0.2, 0) is 0 Å². The van der Waals surface area contributed by atoms with Crippen molar-refractivity contribution in [1.82, 2.24) is 4.98 Å². The van der Waals surface area contributed by atoms with Crippen LogP contribution in [0.2, 0.25) is 0 Å². The summed E-state index contributed by atoms with van der Waals surface area (Å²) in [5.74, 6) is -1.18. The molecule has 5 heteroatoms. The van der Waals surface area contributed by atoms with Crippen molar-refractivity contribution in [1.29, 1.82) is 0 Å². The average Bonchev–Trinajstić information content (AvgIpc) is 2.14. The molecule has 0 N–H and O–H groups in total. The van der Waals surface area contributed by atoms with Gasteiger partial charge in [0.1, 0.15) is 5.82 Å². The Balaban J connectivity index is 2.69. The third-order valence-corrected chi connectivity index (χ3v) is 2.23. The van der Waals surface area contributed by atoms with Gasteiger partial charge in [-0.1, -0.05) is 0 Å². The van der Waals surface area contributed by atoms with Crippen LogP contribution in [0.4, 0.5) is 14.6 Å². The molecule has 0 radical (unpaired) electrons. The molecule has 0 aliphatic heterocycles. The average molecular weight is 235 g/mol. The van der Waals surface area contributed by atoms with Gasteiger partial charge in [0, 0.05) is 25.0 Å². The van der Waals surface area contributed by atoms with E-state index in [1.807, 2.05) is 6.92 Å². The van der Waals surface area contributed by atoms with Crippen molar-refractivity contribution in [2.24, 2.45) is 0 Å². The Hall–Kier alpha value is -0.900. The van der Waals surface area contributed by atoms with Gasteiger partial charge in [0.05, 0.1) is 6.20 Å². The zero-order valence-corrected chi connectivity index (χ0v) is 9.43. The Kier molecular flexibility index (Phi) is 4.27. The number of hydrogen-bond acceptors (Lipinski definition) is 2. The van der Waals surface area contributed by atoms with E-state index in [4.69, 9.17) is 11.6 Å². The minimum atomic E-state index is -0.671. The van der Waals surface area contributed by atoms with Crippen LogP contribution in [0.5, 0.6) is 0 Å². The van der Waals surface area contributed by atoms with Gasteiger partial charge in [-0.05, 0) is 13.3 Å². The minimum Gasteiger partial charge on any atom is -0.357 e. The number of aromatic nitrogens is 1. The lowest BCUT2D eigenvalue weighted by Gasteiger charge is -2.18. The third kappa shape index (κ3) is 3.63. The second-order valence-corrected chi connectivity index (χ2v) is 4.20. The zero-order chi connectivity index (χ0) is 11.4. The Bertz CT molecular complexity index is 331. The number of anilines is 1. The van der Waals surface area contributed by atoms with Crippen molar-refractivity contribution in [3.8, 4) is 0 Å². The first kappa shape index (κ1) is 12.2. The summed E-state index contributed by atoms with van der Waals surface area (Å²) in [6.07, 6.45) is 1.72. The fourth-order valence-corrected chi connectivity index (χ4v) is 1.26. The second kappa shape index (κ2) is 5.26. The monoisotopic (exact) mass is 234 g/mol. The molecule has 1 heterocycles. The molecular weight excluding hydrogens is 222 g/mol. The Labute approximate surface area is 92.9 Å². The van der Waals surface area contributed by atoms with Crippen LogP contribution >= 0.6 is 11.6 Å². The van der Waals surface area contributed by atoms with Gasteiger partial charge in [0.2, 0.25) is 0 Å². The normalized spacial score (nSPS) is 12.6. The highest BCUT2D eigenvalue weighted by molar-refractivity contribution is 6.20. The molecule has 1 rings (SSSR count). The molecule has 0 fully saturated rings. The summed E-state index contributed by atoms with van der Waals surface area (Å²) in [7, 11) is 1.70. The smallest absolute Gasteiger partial charge is 0.168 e. The van der Waals surface area contributed by atoms with Crippen LogP contribution in [0.15, 0.2) is 12.3 Å². The number of alkyl halides is 1. The third-order valence-electron chi connectivity index (χ3n) is 2.01. The predicted octanol–water partition coefficient (Wildman–Crippen LogP) is 2.81. The largest absolute Gasteiger partial charge is 0.357 e. The lowest BCUT2D eigenvalue weighted by atomic mass is 10.3. The van der Waals surface area contributed by atoms with Crippen LogP contribution in [0.1, 0.15) is 13.3 Å². The topological polar surface area (TPSA) is 16.1 Å². The van der Waals surface area contributed by atoms with Crippen LogP contribution < -0.4 is 4.90 Å². The zero-order valence-electron chi connectivity index (χ0n) is 8.67. The van der Waals surface area contributed by atoms with E-state index in [0.717, 1.165) is 18.7 Å². The van der Waals surface area contributed by atoms with Crippen molar-refractivity contribution in [3.63, 3.8) is 0 Å². The molecule has 0 amide bonds. The van der Waals surface area contributed by atoms with E-state index in [9.17, 15) is 8.78 Å². The highest BCUT2D eigenvalue weighted by atomic mass is 35.5. The summed E-state index contributed by atoms with van der Waals surface area (Å²) in [5.41, 5.74) is 0. The van der Waals surface area contributed by atoms with E-state index >= 15 is 0 Å². The molecule has 2 nitrogen and oxygen atoms in total. The van der Waals surface area contributed by atoms with Gasteiger partial charge < -0.3 is 4.90 Å². The Morgan fingerprint density at radius 1 is 1.53 bits per heavy atom. The van der Waals surface area contributed by atoms with E-state index in [2.05, 4.69) is 4.98 Å². The SMILES string of the molecule is CC(Cl)CCN(C)c1ncc(F)cc1F. The molecule has 0 aromatic carbocycles. The first-order chi connectivity index (χ1) is 7.00. The Morgan fingerprint density at radius 3 is 2.73 bits per heavy atom.